The van der Waals surface area contributed by atoms with Gasteiger partial charge in [0.1, 0.15) is 5.82 Å². The van der Waals surface area contributed by atoms with E-state index in [1.165, 1.54) is 13.8 Å². The third-order valence-corrected chi connectivity index (χ3v) is 6.23. The SMILES string of the molecule is CCCCc1nc(C(F)(F)C(F)(F)F)c(C(=O)OC(C)C)n1Cc1ccc(-c2ccccc2-c2cnn[nH]2)cc1. The number of rotatable bonds is 10. The average Bonchev–Trinajstić information content (AvgIpc) is 3.56. The molecule has 2 aromatic heterocycles. The summed E-state index contributed by atoms with van der Waals surface area (Å²) in [7, 11) is 0. The molecule has 0 aliphatic carbocycles. The molecule has 2 heterocycles. The summed E-state index contributed by atoms with van der Waals surface area (Å²) in [6.45, 7) is 4.65. The minimum Gasteiger partial charge on any atom is -0.458 e. The molecule has 0 radical (unpaired) electrons. The summed E-state index contributed by atoms with van der Waals surface area (Å²) in [6, 6.07) is 14.6. The predicted octanol–water partition coefficient (Wildman–Crippen LogP) is 6.95. The fourth-order valence-electron chi connectivity index (χ4n) is 4.30. The molecule has 0 saturated heterocycles. The summed E-state index contributed by atoms with van der Waals surface area (Å²) in [4.78, 5) is 16.6. The first-order valence-corrected chi connectivity index (χ1v) is 12.7. The van der Waals surface area contributed by atoms with Gasteiger partial charge in [-0.05, 0) is 37.0 Å². The number of ether oxygens (including phenoxy) is 1. The zero-order valence-corrected chi connectivity index (χ0v) is 22.1. The van der Waals surface area contributed by atoms with Gasteiger partial charge in [-0.2, -0.15) is 22.0 Å². The van der Waals surface area contributed by atoms with E-state index in [0.29, 0.717) is 24.1 Å². The Kier molecular flexibility index (Phi) is 8.36. The number of nitrogens with one attached hydrogen (secondary N) is 1. The van der Waals surface area contributed by atoms with Crippen molar-refractivity contribution in [3.63, 3.8) is 0 Å². The summed E-state index contributed by atoms with van der Waals surface area (Å²) in [5.41, 5.74) is 1.30. The Bertz CT molecular complexity index is 1450. The molecule has 40 heavy (non-hydrogen) atoms. The minimum absolute atomic E-state index is 0.0438. The smallest absolute Gasteiger partial charge is 0.458 e. The molecule has 0 unspecified atom stereocenters. The van der Waals surface area contributed by atoms with Gasteiger partial charge in [0.2, 0.25) is 0 Å². The molecule has 0 saturated carbocycles. The molecule has 2 aromatic carbocycles. The molecule has 0 spiro atoms. The third kappa shape index (κ3) is 5.90. The molecule has 4 rings (SSSR count). The van der Waals surface area contributed by atoms with Crippen LogP contribution in [0.25, 0.3) is 22.4 Å². The lowest BCUT2D eigenvalue weighted by Gasteiger charge is -2.20. The molecule has 0 aliphatic rings. The second-order valence-corrected chi connectivity index (χ2v) is 9.55. The van der Waals surface area contributed by atoms with Crippen molar-refractivity contribution in [2.75, 3.05) is 0 Å². The van der Waals surface area contributed by atoms with Gasteiger partial charge in [0, 0.05) is 18.5 Å². The summed E-state index contributed by atoms with van der Waals surface area (Å²) >= 11 is 0. The number of aryl methyl sites for hydroxylation is 1. The van der Waals surface area contributed by atoms with Crippen LogP contribution in [0.3, 0.4) is 0 Å². The van der Waals surface area contributed by atoms with Crippen LogP contribution >= 0.6 is 0 Å². The van der Waals surface area contributed by atoms with Crippen LogP contribution in [0.5, 0.6) is 0 Å². The first-order valence-electron chi connectivity index (χ1n) is 12.7. The molecular formula is C28H28F5N5O2. The van der Waals surface area contributed by atoms with Crippen molar-refractivity contribution in [2.24, 2.45) is 0 Å². The fraction of sp³-hybridized carbons (Fsp3) is 0.357. The molecular weight excluding hydrogens is 533 g/mol. The normalized spacial score (nSPS) is 12.2. The molecule has 12 heteroatoms. The van der Waals surface area contributed by atoms with E-state index in [0.717, 1.165) is 21.3 Å². The number of carbonyl (C=O) groups excluding carboxylic acids is 1. The highest BCUT2D eigenvalue weighted by Gasteiger charge is 2.62. The maximum atomic E-state index is 14.7. The van der Waals surface area contributed by atoms with E-state index in [-0.39, 0.29) is 18.8 Å². The highest BCUT2D eigenvalue weighted by atomic mass is 19.4. The van der Waals surface area contributed by atoms with Gasteiger partial charge in [-0.15, -0.1) is 5.10 Å². The van der Waals surface area contributed by atoms with Gasteiger partial charge in [0.15, 0.2) is 11.4 Å². The predicted molar refractivity (Wildman–Crippen MR) is 138 cm³/mol. The maximum Gasteiger partial charge on any atom is 0.459 e. The van der Waals surface area contributed by atoms with Gasteiger partial charge in [0.05, 0.1) is 18.0 Å². The number of benzene rings is 2. The van der Waals surface area contributed by atoms with Crippen LogP contribution < -0.4 is 0 Å². The van der Waals surface area contributed by atoms with Gasteiger partial charge < -0.3 is 9.30 Å². The maximum absolute atomic E-state index is 14.7. The van der Waals surface area contributed by atoms with E-state index in [9.17, 15) is 26.7 Å². The summed E-state index contributed by atoms with van der Waals surface area (Å²) in [5, 5.41) is 10.4. The largest absolute Gasteiger partial charge is 0.459 e. The van der Waals surface area contributed by atoms with E-state index >= 15 is 0 Å². The average molecular weight is 562 g/mol. The molecule has 0 fully saturated rings. The quantitative estimate of drug-likeness (QED) is 0.167. The Morgan fingerprint density at radius 1 is 1.02 bits per heavy atom. The minimum atomic E-state index is -5.94. The lowest BCUT2D eigenvalue weighted by molar-refractivity contribution is -0.291. The van der Waals surface area contributed by atoms with Crippen LogP contribution in [0.1, 0.15) is 61.2 Å². The Labute approximate surface area is 227 Å². The van der Waals surface area contributed by atoms with Crippen molar-refractivity contribution >= 4 is 5.97 Å². The Balaban J connectivity index is 1.77. The first-order chi connectivity index (χ1) is 18.9. The van der Waals surface area contributed by atoms with Gasteiger partial charge in [-0.1, -0.05) is 67.1 Å². The van der Waals surface area contributed by atoms with Gasteiger partial charge in [-0.25, -0.2) is 9.78 Å². The lowest BCUT2D eigenvalue weighted by Crippen LogP contribution is -2.36. The van der Waals surface area contributed by atoms with Crippen molar-refractivity contribution < 1.29 is 31.5 Å². The number of esters is 1. The number of aromatic nitrogens is 5. The van der Waals surface area contributed by atoms with Crippen LogP contribution in [0.4, 0.5) is 22.0 Å². The number of nitrogens with zero attached hydrogens (tertiary/aromatic N) is 4. The van der Waals surface area contributed by atoms with Crippen molar-refractivity contribution in [3.8, 4) is 22.4 Å². The van der Waals surface area contributed by atoms with Crippen LogP contribution in [0, 0.1) is 0 Å². The monoisotopic (exact) mass is 561 g/mol. The number of unbranched alkanes of at least 4 members (excludes halogenated alkanes) is 1. The van der Waals surface area contributed by atoms with Crippen molar-refractivity contribution in [1.82, 2.24) is 25.0 Å². The molecule has 4 aromatic rings. The molecule has 0 bridgehead atoms. The second-order valence-electron chi connectivity index (χ2n) is 9.55. The molecule has 0 amide bonds. The zero-order valence-electron chi connectivity index (χ0n) is 22.1. The van der Waals surface area contributed by atoms with E-state index < -0.39 is 35.6 Å². The van der Waals surface area contributed by atoms with Crippen LogP contribution in [0.2, 0.25) is 0 Å². The highest BCUT2D eigenvalue weighted by Crippen LogP contribution is 2.45. The number of aromatic amines is 1. The van der Waals surface area contributed by atoms with Crippen LogP contribution in [-0.4, -0.2) is 43.2 Å². The van der Waals surface area contributed by atoms with Crippen LogP contribution in [-0.2, 0) is 23.6 Å². The molecule has 212 valence electrons. The van der Waals surface area contributed by atoms with E-state index in [2.05, 4.69) is 20.4 Å². The fourth-order valence-corrected chi connectivity index (χ4v) is 4.30. The highest BCUT2D eigenvalue weighted by molar-refractivity contribution is 5.89. The van der Waals surface area contributed by atoms with Crippen molar-refractivity contribution in [2.45, 2.75) is 64.8 Å². The molecule has 1 N–H and O–H groups in total. The Hall–Kier alpha value is -4.09. The summed E-state index contributed by atoms with van der Waals surface area (Å²) in [6.07, 6.45) is -3.87. The van der Waals surface area contributed by atoms with E-state index in [1.54, 1.807) is 30.5 Å². The number of imidazole rings is 1. The van der Waals surface area contributed by atoms with Crippen LogP contribution in [0.15, 0.2) is 54.7 Å². The number of H-pyrrole nitrogens is 1. The summed E-state index contributed by atoms with van der Waals surface area (Å²) in [5.74, 6) is -6.68. The topological polar surface area (TPSA) is 85.7 Å². The van der Waals surface area contributed by atoms with Gasteiger partial charge in [0.25, 0.3) is 0 Å². The van der Waals surface area contributed by atoms with Crippen molar-refractivity contribution in [1.29, 1.82) is 0 Å². The molecule has 7 nitrogen and oxygen atoms in total. The number of alkyl halides is 5. The standard InChI is InChI=1S/C28H28F5N5O2/c1-4-5-10-23-35-25(27(29,30)28(31,32)33)24(26(39)40-17(2)3)38(23)16-18-11-13-19(14-12-18)20-8-6-7-9-21(20)22-15-34-37-36-22/h6-9,11-15,17H,4-5,10,16H2,1-3H3,(H,34,36,37). The first kappa shape index (κ1) is 28.9. The zero-order chi connectivity index (χ0) is 29.1. The number of carbonyl (C=O) groups is 1. The van der Waals surface area contributed by atoms with E-state index in [4.69, 9.17) is 4.74 Å². The lowest BCUT2D eigenvalue weighted by atomic mass is 9.97. The van der Waals surface area contributed by atoms with E-state index in [1.807, 2.05) is 31.2 Å². The third-order valence-electron chi connectivity index (χ3n) is 6.23. The Morgan fingerprint density at radius 3 is 2.27 bits per heavy atom. The molecule has 0 aliphatic heterocycles. The molecule has 0 atom stereocenters. The Morgan fingerprint density at radius 2 is 1.70 bits per heavy atom. The van der Waals surface area contributed by atoms with Gasteiger partial charge in [-0.3, -0.25) is 5.10 Å². The summed E-state index contributed by atoms with van der Waals surface area (Å²) < 4.78 is 75.8. The van der Waals surface area contributed by atoms with Crippen molar-refractivity contribution in [3.05, 3.63) is 77.5 Å². The number of halogens is 5. The number of hydrogen-bond acceptors (Lipinski definition) is 5. The van der Waals surface area contributed by atoms with Gasteiger partial charge >= 0.3 is 18.1 Å². The second kappa shape index (κ2) is 11.6. The number of hydrogen-bond donors (Lipinski definition) is 1.